The molecule has 3 rings (SSSR count). The fourth-order valence-corrected chi connectivity index (χ4v) is 2.72. The maximum absolute atomic E-state index is 13.3. The Morgan fingerprint density at radius 1 is 1.17 bits per heavy atom. The van der Waals surface area contributed by atoms with Crippen LogP contribution in [0.25, 0.3) is 0 Å². The predicted molar refractivity (Wildman–Crippen MR) is 68.6 cm³/mol. The monoisotopic (exact) mass is 243 g/mol. The molecule has 0 radical (unpaired) electrons. The van der Waals surface area contributed by atoms with Gasteiger partial charge < -0.3 is 10.8 Å². The van der Waals surface area contributed by atoms with E-state index in [1.807, 2.05) is 12.1 Å². The second kappa shape index (κ2) is 3.82. The molecule has 1 aliphatic carbocycles. The lowest BCUT2D eigenvalue weighted by molar-refractivity contribution is 0.0826. The lowest BCUT2D eigenvalue weighted by Gasteiger charge is -2.24. The summed E-state index contributed by atoms with van der Waals surface area (Å²) in [5.41, 5.74) is 7.82. The van der Waals surface area contributed by atoms with Crippen LogP contribution in [0.2, 0.25) is 0 Å². The van der Waals surface area contributed by atoms with Gasteiger partial charge in [-0.05, 0) is 53.8 Å². The predicted octanol–water partition coefficient (Wildman–Crippen LogP) is 2.59. The van der Waals surface area contributed by atoms with Gasteiger partial charge in [-0.1, -0.05) is 18.2 Å². The molecule has 1 atom stereocenters. The van der Waals surface area contributed by atoms with Gasteiger partial charge in [0.1, 0.15) is 11.4 Å². The van der Waals surface area contributed by atoms with Gasteiger partial charge in [0, 0.05) is 5.69 Å². The molecule has 0 aliphatic heterocycles. The van der Waals surface area contributed by atoms with Crippen molar-refractivity contribution in [3.05, 3.63) is 65.0 Å². The van der Waals surface area contributed by atoms with E-state index in [0.29, 0.717) is 17.7 Å². The smallest absolute Gasteiger partial charge is 0.123 e. The average Bonchev–Trinajstić information content (AvgIpc) is 2.68. The van der Waals surface area contributed by atoms with Crippen LogP contribution in [0.5, 0.6) is 0 Å². The highest BCUT2D eigenvalue weighted by molar-refractivity contribution is 5.52. The summed E-state index contributed by atoms with van der Waals surface area (Å²) in [5.74, 6) is -0.329. The van der Waals surface area contributed by atoms with Crippen LogP contribution in [0, 0.1) is 5.82 Å². The SMILES string of the molecule is Nc1ccc2c(c1)CCC2(O)c1cccc(F)c1. The highest BCUT2D eigenvalue weighted by Crippen LogP contribution is 2.42. The third-order valence-electron chi connectivity index (χ3n) is 3.63. The molecule has 18 heavy (non-hydrogen) atoms. The Hall–Kier alpha value is -1.87. The van der Waals surface area contributed by atoms with Crippen LogP contribution in [0.1, 0.15) is 23.1 Å². The van der Waals surface area contributed by atoms with Crippen LogP contribution >= 0.6 is 0 Å². The Labute approximate surface area is 105 Å². The quantitative estimate of drug-likeness (QED) is 0.756. The van der Waals surface area contributed by atoms with Gasteiger partial charge >= 0.3 is 0 Å². The zero-order valence-electron chi connectivity index (χ0n) is 9.86. The van der Waals surface area contributed by atoms with Gasteiger partial charge in [0.15, 0.2) is 0 Å². The molecule has 0 fully saturated rings. The number of halogens is 1. The van der Waals surface area contributed by atoms with E-state index < -0.39 is 5.60 Å². The van der Waals surface area contributed by atoms with E-state index in [0.717, 1.165) is 17.5 Å². The second-order valence-corrected chi connectivity index (χ2v) is 4.79. The molecule has 2 aromatic carbocycles. The molecule has 2 nitrogen and oxygen atoms in total. The molecular formula is C15H14FNO. The standard InChI is InChI=1S/C15H14FNO/c16-12-3-1-2-11(9-12)15(18)7-6-10-8-13(17)4-5-14(10)15/h1-5,8-9,18H,6-7,17H2. The Kier molecular flexibility index (Phi) is 2.38. The van der Waals surface area contributed by atoms with Crippen molar-refractivity contribution in [1.82, 2.24) is 0 Å². The first kappa shape index (κ1) is 11.2. The minimum atomic E-state index is -1.09. The number of anilines is 1. The van der Waals surface area contributed by atoms with Crippen molar-refractivity contribution >= 4 is 5.69 Å². The van der Waals surface area contributed by atoms with Gasteiger partial charge in [0.2, 0.25) is 0 Å². The Morgan fingerprint density at radius 2 is 2.00 bits per heavy atom. The van der Waals surface area contributed by atoms with Crippen LogP contribution in [0.15, 0.2) is 42.5 Å². The van der Waals surface area contributed by atoms with Crippen LogP contribution in [0.4, 0.5) is 10.1 Å². The van der Waals surface area contributed by atoms with Crippen molar-refractivity contribution in [2.45, 2.75) is 18.4 Å². The summed E-state index contributed by atoms with van der Waals surface area (Å²) in [4.78, 5) is 0. The van der Waals surface area contributed by atoms with E-state index >= 15 is 0 Å². The summed E-state index contributed by atoms with van der Waals surface area (Å²) in [6.45, 7) is 0. The molecule has 2 aromatic rings. The normalized spacial score (nSPS) is 21.9. The topological polar surface area (TPSA) is 46.2 Å². The number of aliphatic hydroxyl groups is 1. The Morgan fingerprint density at radius 3 is 2.78 bits per heavy atom. The molecule has 0 bridgehead atoms. The molecule has 0 aromatic heterocycles. The molecule has 92 valence electrons. The lowest BCUT2D eigenvalue weighted by atomic mass is 9.88. The number of nitrogens with two attached hydrogens (primary N) is 1. The summed E-state index contributed by atoms with van der Waals surface area (Å²) in [6, 6.07) is 11.6. The first-order valence-corrected chi connectivity index (χ1v) is 5.97. The van der Waals surface area contributed by atoms with Gasteiger partial charge in [-0.3, -0.25) is 0 Å². The van der Waals surface area contributed by atoms with E-state index in [9.17, 15) is 9.50 Å². The van der Waals surface area contributed by atoms with Crippen LogP contribution in [-0.4, -0.2) is 5.11 Å². The van der Waals surface area contributed by atoms with Gasteiger partial charge in [-0.25, -0.2) is 4.39 Å². The lowest BCUT2D eigenvalue weighted by Crippen LogP contribution is -2.23. The summed E-state index contributed by atoms with van der Waals surface area (Å²) in [7, 11) is 0. The molecule has 0 heterocycles. The number of fused-ring (bicyclic) bond motifs is 1. The second-order valence-electron chi connectivity index (χ2n) is 4.79. The number of benzene rings is 2. The van der Waals surface area contributed by atoms with Crippen LogP contribution < -0.4 is 5.73 Å². The third-order valence-corrected chi connectivity index (χ3v) is 3.63. The van der Waals surface area contributed by atoms with Crippen molar-refractivity contribution < 1.29 is 9.50 Å². The average molecular weight is 243 g/mol. The number of rotatable bonds is 1. The summed E-state index contributed by atoms with van der Waals surface area (Å²) in [6.07, 6.45) is 1.32. The summed E-state index contributed by atoms with van der Waals surface area (Å²) >= 11 is 0. The first-order chi connectivity index (χ1) is 8.59. The number of hydrogen-bond donors (Lipinski definition) is 2. The van der Waals surface area contributed by atoms with Crippen molar-refractivity contribution in [2.24, 2.45) is 0 Å². The van der Waals surface area contributed by atoms with Crippen LogP contribution in [-0.2, 0) is 12.0 Å². The van der Waals surface area contributed by atoms with Crippen molar-refractivity contribution in [3.63, 3.8) is 0 Å². The molecule has 1 unspecified atom stereocenters. The maximum Gasteiger partial charge on any atom is 0.123 e. The van der Waals surface area contributed by atoms with Gasteiger partial charge in [-0.15, -0.1) is 0 Å². The van der Waals surface area contributed by atoms with E-state index in [1.165, 1.54) is 12.1 Å². The molecule has 3 heteroatoms. The minimum absolute atomic E-state index is 0.329. The number of aryl methyl sites for hydroxylation is 1. The van der Waals surface area contributed by atoms with Gasteiger partial charge in [0.25, 0.3) is 0 Å². The van der Waals surface area contributed by atoms with Gasteiger partial charge in [0.05, 0.1) is 0 Å². The van der Waals surface area contributed by atoms with Crippen molar-refractivity contribution in [1.29, 1.82) is 0 Å². The third kappa shape index (κ3) is 1.59. The number of hydrogen-bond acceptors (Lipinski definition) is 2. The zero-order chi connectivity index (χ0) is 12.8. The highest BCUT2D eigenvalue weighted by atomic mass is 19.1. The Bertz CT molecular complexity index is 611. The largest absolute Gasteiger partial charge is 0.399 e. The van der Waals surface area contributed by atoms with Crippen molar-refractivity contribution in [2.75, 3.05) is 5.73 Å². The Balaban J connectivity index is 2.14. The van der Waals surface area contributed by atoms with E-state index in [1.54, 1.807) is 18.2 Å². The molecule has 0 saturated carbocycles. The van der Waals surface area contributed by atoms with Crippen molar-refractivity contribution in [3.8, 4) is 0 Å². The first-order valence-electron chi connectivity index (χ1n) is 5.97. The summed E-state index contributed by atoms with van der Waals surface area (Å²) < 4.78 is 13.3. The zero-order valence-corrected chi connectivity index (χ0v) is 9.86. The summed E-state index contributed by atoms with van der Waals surface area (Å²) in [5, 5.41) is 10.8. The molecular weight excluding hydrogens is 229 g/mol. The van der Waals surface area contributed by atoms with E-state index in [2.05, 4.69) is 0 Å². The fourth-order valence-electron chi connectivity index (χ4n) is 2.72. The number of nitrogen functional groups attached to an aromatic ring is 1. The highest BCUT2D eigenvalue weighted by Gasteiger charge is 2.38. The molecule has 0 amide bonds. The van der Waals surface area contributed by atoms with E-state index in [4.69, 9.17) is 5.73 Å². The van der Waals surface area contributed by atoms with Crippen LogP contribution in [0.3, 0.4) is 0 Å². The van der Waals surface area contributed by atoms with E-state index in [-0.39, 0.29) is 5.82 Å². The minimum Gasteiger partial charge on any atom is -0.399 e. The van der Waals surface area contributed by atoms with Gasteiger partial charge in [-0.2, -0.15) is 0 Å². The maximum atomic E-state index is 13.3. The fraction of sp³-hybridized carbons (Fsp3) is 0.200. The molecule has 0 spiro atoms. The molecule has 1 aliphatic rings. The molecule has 3 N–H and O–H groups in total. The molecule has 0 saturated heterocycles.